The molecule has 2 aromatic carbocycles. The van der Waals surface area contributed by atoms with Gasteiger partial charge in [0, 0.05) is 5.56 Å². The Morgan fingerprint density at radius 3 is 2.50 bits per heavy atom. The first-order valence-electron chi connectivity index (χ1n) is 8.57. The molecule has 0 aliphatic heterocycles. The maximum atomic E-state index is 6.49. The molecule has 1 N–H and O–H groups in total. The Morgan fingerprint density at radius 1 is 1.04 bits per heavy atom. The topological polar surface area (TPSA) is 80.9 Å². The van der Waals surface area contributed by atoms with Gasteiger partial charge in [0.1, 0.15) is 5.15 Å². The molecule has 0 bridgehead atoms. The first kappa shape index (κ1) is 17.8. The van der Waals surface area contributed by atoms with Crippen molar-refractivity contribution in [1.29, 1.82) is 0 Å². The molecule has 2 heterocycles. The lowest BCUT2D eigenvalue weighted by atomic mass is 10.2. The summed E-state index contributed by atoms with van der Waals surface area (Å²) in [4.78, 5) is 4.42. The van der Waals surface area contributed by atoms with Gasteiger partial charge in [0.15, 0.2) is 0 Å². The smallest absolute Gasteiger partial charge is 0.244 e. The summed E-state index contributed by atoms with van der Waals surface area (Å²) in [7, 11) is 0. The van der Waals surface area contributed by atoms with Crippen molar-refractivity contribution in [3.8, 4) is 16.9 Å². The summed E-state index contributed by atoms with van der Waals surface area (Å²) in [6, 6.07) is 19.4. The molecule has 4 aromatic rings. The number of aryl methyl sites for hydroxylation is 1. The average molecular weight is 390 g/mol. The molecule has 0 spiro atoms. The van der Waals surface area contributed by atoms with Crippen LogP contribution in [-0.4, -0.2) is 31.2 Å². The zero-order valence-corrected chi connectivity index (χ0v) is 15.7. The zero-order chi connectivity index (χ0) is 19.3. The second-order valence-electron chi connectivity index (χ2n) is 5.94. The highest BCUT2D eigenvalue weighted by atomic mass is 35.5. The van der Waals surface area contributed by atoms with Crippen molar-refractivity contribution in [3.63, 3.8) is 0 Å². The molecule has 0 saturated heterocycles. The predicted octanol–water partition coefficient (Wildman–Crippen LogP) is 4.13. The van der Waals surface area contributed by atoms with Crippen LogP contribution >= 0.6 is 11.6 Å². The third-order valence-electron chi connectivity index (χ3n) is 4.04. The molecule has 0 fully saturated rings. The van der Waals surface area contributed by atoms with Gasteiger partial charge in [-0.15, -0.1) is 5.10 Å². The highest BCUT2D eigenvalue weighted by Gasteiger charge is 2.13. The molecule has 0 saturated carbocycles. The van der Waals surface area contributed by atoms with Crippen LogP contribution in [0.5, 0.6) is 0 Å². The second-order valence-corrected chi connectivity index (χ2v) is 6.30. The maximum Gasteiger partial charge on any atom is 0.263 e. The Kier molecular flexibility index (Phi) is 5.07. The number of para-hydroxylation sites is 1. The summed E-state index contributed by atoms with van der Waals surface area (Å²) < 4.78 is 1.67. The summed E-state index contributed by atoms with van der Waals surface area (Å²) in [5, 5.41) is 17.1. The van der Waals surface area contributed by atoms with E-state index in [9.17, 15) is 0 Å². The summed E-state index contributed by atoms with van der Waals surface area (Å²) >= 11 is 6.49. The highest BCUT2D eigenvalue weighted by Crippen LogP contribution is 2.22. The van der Waals surface area contributed by atoms with Gasteiger partial charge in [0.25, 0.3) is 5.95 Å². The maximum absolute atomic E-state index is 6.49. The molecular weight excluding hydrogens is 374 g/mol. The number of nitrogens with one attached hydrogen (secondary N) is 1. The van der Waals surface area contributed by atoms with E-state index in [4.69, 9.17) is 11.6 Å². The van der Waals surface area contributed by atoms with Crippen LogP contribution in [0.1, 0.15) is 11.3 Å². The average Bonchev–Trinajstić information content (AvgIpc) is 3.03. The molecule has 0 unspecified atom stereocenters. The van der Waals surface area contributed by atoms with Gasteiger partial charge < -0.3 is 0 Å². The van der Waals surface area contributed by atoms with Crippen LogP contribution in [-0.2, 0) is 0 Å². The van der Waals surface area contributed by atoms with Gasteiger partial charge in [-0.3, -0.25) is 0 Å². The van der Waals surface area contributed by atoms with Crippen molar-refractivity contribution in [2.45, 2.75) is 6.92 Å². The molecule has 8 heteroatoms. The lowest BCUT2D eigenvalue weighted by Gasteiger charge is -2.02. The summed E-state index contributed by atoms with van der Waals surface area (Å²) in [5.74, 6) is 0.293. The van der Waals surface area contributed by atoms with E-state index in [0.29, 0.717) is 22.4 Å². The van der Waals surface area contributed by atoms with Gasteiger partial charge in [-0.2, -0.15) is 15.3 Å². The highest BCUT2D eigenvalue weighted by molar-refractivity contribution is 6.32. The van der Waals surface area contributed by atoms with Crippen molar-refractivity contribution in [3.05, 3.63) is 83.3 Å². The van der Waals surface area contributed by atoms with Crippen molar-refractivity contribution in [1.82, 2.24) is 25.0 Å². The number of halogens is 1. The van der Waals surface area contributed by atoms with Crippen LogP contribution in [0.15, 0.2) is 72.0 Å². The van der Waals surface area contributed by atoms with E-state index < -0.39 is 0 Å². The molecule has 28 heavy (non-hydrogen) atoms. The van der Waals surface area contributed by atoms with E-state index >= 15 is 0 Å². The SMILES string of the molecule is Cc1nn(-c2ccccc2)c(Cl)c1C=NNc1nncc(-c2ccccc2)n1. The van der Waals surface area contributed by atoms with Gasteiger partial charge in [-0.05, 0) is 19.1 Å². The van der Waals surface area contributed by atoms with E-state index in [-0.39, 0.29) is 0 Å². The minimum absolute atomic E-state index is 0.293. The summed E-state index contributed by atoms with van der Waals surface area (Å²) in [6.45, 7) is 1.88. The Morgan fingerprint density at radius 2 is 1.75 bits per heavy atom. The number of rotatable bonds is 5. The number of anilines is 1. The molecule has 0 amide bonds. The number of aromatic nitrogens is 5. The number of benzene rings is 2. The molecule has 2 aromatic heterocycles. The van der Waals surface area contributed by atoms with E-state index in [1.54, 1.807) is 17.1 Å². The summed E-state index contributed by atoms with van der Waals surface area (Å²) in [6.07, 6.45) is 3.21. The second kappa shape index (κ2) is 7.98. The standard InChI is InChI=1S/C20H16ClN7/c1-14-17(19(21)28(27-14)16-10-6-3-7-11-16)12-22-25-20-24-18(13-23-26-20)15-8-4-2-5-9-15/h2-13H,1H3,(H,24,25,26). The molecule has 7 nitrogen and oxygen atoms in total. The summed E-state index contributed by atoms with van der Waals surface area (Å²) in [5.41, 5.74) is 6.81. The Hall–Kier alpha value is -3.58. The molecular formula is C20H16ClN7. The van der Waals surface area contributed by atoms with Gasteiger partial charge in [0.2, 0.25) is 0 Å². The normalized spacial score (nSPS) is 11.1. The lowest BCUT2D eigenvalue weighted by Crippen LogP contribution is -2.00. The van der Waals surface area contributed by atoms with Crippen LogP contribution in [0.3, 0.4) is 0 Å². The predicted molar refractivity (Wildman–Crippen MR) is 110 cm³/mol. The Balaban J connectivity index is 1.54. The van der Waals surface area contributed by atoms with Crippen LogP contribution < -0.4 is 5.43 Å². The van der Waals surface area contributed by atoms with Crippen LogP contribution in [0.25, 0.3) is 16.9 Å². The van der Waals surface area contributed by atoms with E-state index in [2.05, 4.69) is 30.8 Å². The molecule has 0 atom stereocenters. The minimum Gasteiger partial charge on any atom is -0.244 e. The fourth-order valence-electron chi connectivity index (χ4n) is 2.65. The first-order chi connectivity index (χ1) is 13.7. The largest absolute Gasteiger partial charge is 0.263 e. The van der Waals surface area contributed by atoms with Crippen LogP contribution in [0.4, 0.5) is 5.95 Å². The number of hydrazone groups is 1. The molecule has 4 rings (SSSR count). The number of hydrogen-bond donors (Lipinski definition) is 1. The molecule has 0 aliphatic rings. The molecule has 0 aliphatic carbocycles. The lowest BCUT2D eigenvalue weighted by molar-refractivity contribution is 0.863. The van der Waals surface area contributed by atoms with Gasteiger partial charge in [-0.1, -0.05) is 60.1 Å². The van der Waals surface area contributed by atoms with Gasteiger partial charge in [0.05, 0.1) is 35.1 Å². The Bertz CT molecular complexity index is 1110. The molecule has 138 valence electrons. The zero-order valence-electron chi connectivity index (χ0n) is 15.0. The van der Waals surface area contributed by atoms with E-state index in [1.165, 1.54) is 0 Å². The van der Waals surface area contributed by atoms with Crippen LogP contribution in [0, 0.1) is 6.92 Å². The third-order valence-corrected chi connectivity index (χ3v) is 4.40. The quantitative estimate of drug-likeness (QED) is 0.410. The number of nitrogens with zero attached hydrogens (tertiary/aromatic N) is 6. The van der Waals surface area contributed by atoms with Gasteiger partial charge >= 0.3 is 0 Å². The number of hydrogen-bond acceptors (Lipinski definition) is 6. The van der Waals surface area contributed by atoms with Crippen molar-refractivity contribution in [2.75, 3.05) is 5.43 Å². The monoisotopic (exact) mass is 389 g/mol. The third kappa shape index (κ3) is 3.74. The Labute approximate surface area is 166 Å². The van der Waals surface area contributed by atoms with Gasteiger partial charge in [-0.25, -0.2) is 15.1 Å². The minimum atomic E-state index is 0.293. The van der Waals surface area contributed by atoms with Crippen molar-refractivity contribution in [2.24, 2.45) is 5.10 Å². The fraction of sp³-hybridized carbons (Fsp3) is 0.0500. The first-order valence-corrected chi connectivity index (χ1v) is 8.95. The van der Waals surface area contributed by atoms with Crippen LogP contribution in [0.2, 0.25) is 5.15 Å². The van der Waals surface area contributed by atoms with E-state index in [1.807, 2.05) is 67.6 Å². The van der Waals surface area contributed by atoms with Crippen molar-refractivity contribution >= 4 is 23.8 Å². The van der Waals surface area contributed by atoms with E-state index in [0.717, 1.165) is 16.9 Å². The fourth-order valence-corrected chi connectivity index (χ4v) is 2.97. The molecule has 0 radical (unpaired) electrons. The van der Waals surface area contributed by atoms with Crippen molar-refractivity contribution < 1.29 is 0 Å².